The summed E-state index contributed by atoms with van der Waals surface area (Å²) in [7, 11) is 0. The minimum atomic E-state index is -0.272. The summed E-state index contributed by atoms with van der Waals surface area (Å²) >= 11 is 1.56. The average Bonchev–Trinajstić information content (AvgIpc) is 3.04. The molecule has 21 heavy (non-hydrogen) atoms. The number of piperidine rings is 1. The quantitative estimate of drug-likeness (QED) is 0.895. The van der Waals surface area contributed by atoms with E-state index >= 15 is 0 Å². The number of carbonyl (C=O) groups excluding carboxylic acids is 2. The van der Waals surface area contributed by atoms with Gasteiger partial charge in [0.2, 0.25) is 5.91 Å². The van der Waals surface area contributed by atoms with E-state index in [2.05, 4.69) is 20.6 Å². The number of rotatable bonds is 3. The fraction of sp³-hybridized carbons (Fsp3) is 0.286. The Morgan fingerprint density at radius 3 is 3.05 bits per heavy atom. The fourth-order valence-corrected chi connectivity index (χ4v) is 3.19. The maximum atomic E-state index is 12.2. The minimum absolute atomic E-state index is 0.0124. The van der Waals surface area contributed by atoms with Crippen molar-refractivity contribution in [3.63, 3.8) is 0 Å². The van der Waals surface area contributed by atoms with Crippen LogP contribution in [0.4, 0.5) is 0 Å². The van der Waals surface area contributed by atoms with Crippen molar-refractivity contribution in [3.05, 3.63) is 46.7 Å². The first kappa shape index (κ1) is 13.7. The molecule has 2 atom stereocenters. The molecule has 0 aliphatic carbocycles. The molecule has 1 aliphatic heterocycles. The number of nitrogens with zero attached hydrogens (tertiary/aromatic N) is 2. The molecule has 1 saturated heterocycles. The van der Waals surface area contributed by atoms with E-state index in [0.717, 1.165) is 4.88 Å². The Balaban J connectivity index is 1.76. The van der Waals surface area contributed by atoms with Crippen LogP contribution in [0.15, 0.2) is 36.1 Å². The normalized spacial score (nSPS) is 21.6. The van der Waals surface area contributed by atoms with E-state index in [4.69, 9.17) is 0 Å². The summed E-state index contributed by atoms with van der Waals surface area (Å²) < 4.78 is 0. The average molecular weight is 302 g/mol. The third kappa shape index (κ3) is 3.08. The van der Waals surface area contributed by atoms with E-state index in [9.17, 15) is 9.59 Å². The van der Waals surface area contributed by atoms with Crippen molar-refractivity contribution < 1.29 is 9.59 Å². The highest BCUT2D eigenvalue weighted by molar-refractivity contribution is 7.10. The van der Waals surface area contributed by atoms with Crippen LogP contribution in [0, 0.1) is 0 Å². The Kier molecular flexibility index (Phi) is 3.92. The topological polar surface area (TPSA) is 84.0 Å². The summed E-state index contributed by atoms with van der Waals surface area (Å²) in [5.41, 5.74) is 0.277. The van der Waals surface area contributed by atoms with Crippen LogP contribution in [0.5, 0.6) is 0 Å². The van der Waals surface area contributed by atoms with Crippen LogP contribution in [-0.2, 0) is 4.79 Å². The van der Waals surface area contributed by atoms with Gasteiger partial charge in [0.1, 0.15) is 5.69 Å². The number of carbonyl (C=O) groups is 2. The van der Waals surface area contributed by atoms with E-state index < -0.39 is 0 Å². The largest absolute Gasteiger partial charge is 0.346 e. The van der Waals surface area contributed by atoms with Gasteiger partial charge in [-0.15, -0.1) is 11.3 Å². The zero-order valence-corrected chi connectivity index (χ0v) is 12.0. The number of nitrogens with one attached hydrogen (secondary N) is 2. The van der Waals surface area contributed by atoms with Crippen molar-refractivity contribution >= 4 is 23.2 Å². The molecule has 108 valence electrons. The lowest BCUT2D eigenvalue weighted by atomic mass is 9.96. The molecule has 1 aliphatic rings. The number of aromatic nitrogens is 2. The van der Waals surface area contributed by atoms with E-state index in [1.54, 1.807) is 11.3 Å². The van der Waals surface area contributed by atoms with Crippen LogP contribution in [0.25, 0.3) is 0 Å². The van der Waals surface area contributed by atoms with Crippen LogP contribution in [0.3, 0.4) is 0 Å². The first-order valence-electron chi connectivity index (χ1n) is 6.63. The second-order valence-electron chi connectivity index (χ2n) is 4.77. The Morgan fingerprint density at radius 1 is 1.43 bits per heavy atom. The van der Waals surface area contributed by atoms with Gasteiger partial charge in [0.15, 0.2) is 0 Å². The molecule has 2 aromatic rings. The summed E-state index contributed by atoms with van der Waals surface area (Å²) in [5, 5.41) is 7.85. The minimum Gasteiger partial charge on any atom is -0.346 e. The summed E-state index contributed by atoms with van der Waals surface area (Å²) in [6.45, 7) is 0. The molecule has 0 spiro atoms. The number of thiophene rings is 1. The smallest absolute Gasteiger partial charge is 0.271 e. The first-order chi connectivity index (χ1) is 10.2. The van der Waals surface area contributed by atoms with Crippen molar-refractivity contribution in [2.24, 2.45) is 0 Å². The molecule has 2 N–H and O–H groups in total. The van der Waals surface area contributed by atoms with E-state index in [1.807, 2.05) is 17.5 Å². The summed E-state index contributed by atoms with van der Waals surface area (Å²) in [6.07, 6.45) is 5.45. The highest BCUT2D eigenvalue weighted by atomic mass is 32.1. The second kappa shape index (κ2) is 6.01. The van der Waals surface area contributed by atoms with Gasteiger partial charge < -0.3 is 10.6 Å². The molecule has 7 heteroatoms. The monoisotopic (exact) mass is 302 g/mol. The molecule has 3 heterocycles. The molecular weight excluding hydrogens is 288 g/mol. The third-order valence-electron chi connectivity index (χ3n) is 3.36. The molecule has 2 aromatic heterocycles. The van der Waals surface area contributed by atoms with Gasteiger partial charge in [-0.2, -0.15) is 0 Å². The molecule has 1 fully saturated rings. The van der Waals surface area contributed by atoms with Crippen molar-refractivity contribution in [1.82, 2.24) is 20.6 Å². The maximum absolute atomic E-state index is 12.2. The van der Waals surface area contributed by atoms with Crippen molar-refractivity contribution in [1.29, 1.82) is 0 Å². The van der Waals surface area contributed by atoms with Crippen LogP contribution < -0.4 is 10.6 Å². The van der Waals surface area contributed by atoms with Gasteiger partial charge in [-0.05, 0) is 17.9 Å². The van der Waals surface area contributed by atoms with Crippen molar-refractivity contribution in [2.75, 3.05) is 0 Å². The second-order valence-corrected chi connectivity index (χ2v) is 5.75. The molecule has 0 radical (unpaired) electrons. The third-order valence-corrected chi connectivity index (χ3v) is 4.32. The highest BCUT2D eigenvalue weighted by Gasteiger charge is 2.32. The Hall–Kier alpha value is -2.28. The van der Waals surface area contributed by atoms with Crippen LogP contribution in [-0.4, -0.2) is 27.8 Å². The fourth-order valence-electron chi connectivity index (χ4n) is 2.35. The standard InChI is InChI=1S/C14H14N4O2S/c19-12-4-3-9(13(18-12)11-2-1-7-21-11)17-14(20)10-8-15-5-6-16-10/h1-2,5-9,13H,3-4H2,(H,17,20)(H,18,19)/t9-,13-/m1/s1. The van der Waals surface area contributed by atoms with E-state index in [-0.39, 0.29) is 29.6 Å². The molecule has 0 bridgehead atoms. The molecule has 0 aromatic carbocycles. The summed E-state index contributed by atoms with van der Waals surface area (Å²) in [5.74, 6) is -0.260. The van der Waals surface area contributed by atoms with Crippen LogP contribution in [0.2, 0.25) is 0 Å². The lowest BCUT2D eigenvalue weighted by Gasteiger charge is -2.32. The Morgan fingerprint density at radius 2 is 2.33 bits per heavy atom. The number of hydrogen-bond donors (Lipinski definition) is 2. The van der Waals surface area contributed by atoms with Crippen LogP contribution in [0.1, 0.15) is 34.2 Å². The van der Waals surface area contributed by atoms with Gasteiger partial charge in [-0.1, -0.05) is 6.07 Å². The van der Waals surface area contributed by atoms with Gasteiger partial charge in [-0.25, -0.2) is 4.98 Å². The van der Waals surface area contributed by atoms with Gasteiger partial charge in [0.05, 0.1) is 18.3 Å². The lowest BCUT2D eigenvalue weighted by molar-refractivity contribution is -0.123. The predicted octanol–water partition coefficient (Wildman–Crippen LogP) is 1.29. The first-order valence-corrected chi connectivity index (χ1v) is 7.51. The molecule has 0 unspecified atom stereocenters. The molecule has 6 nitrogen and oxygen atoms in total. The van der Waals surface area contributed by atoms with Gasteiger partial charge in [0.25, 0.3) is 5.91 Å². The Labute approximate surface area is 125 Å². The number of hydrogen-bond acceptors (Lipinski definition) is 5. The van der Waals surface area contributed by atoms with Gasteiger partial charge in [0, 0.05) is 23.7 Å². The lowest BCUT2D eigenvalue weighted by Crippen LogP contribution is -2.50. The summed E-state index contributed by atoms with van der Waals surface area (Å²) in [4.78, 5) is 32.7. The Bertz CT molecular complexity index is 630. The van der Waals surface area contributed by atoms with Crippen molar-refractivity contribution in [3.8, 4) is 0 Å². The van der Waals surface area contributed by atoms with E-state index in [0.29, 0.717) is 12.8 Å². The van der Waals surface area contributed by atoms with Crippen molar-refractivity contribution in [2.45, 2.75) is 24.9 Å². The number of amides is 2. The highest BCUT2D eigenvalue weighted by Crippen LogP contribution is 2.27. The van der Waals surface area contributed by atoms with E-state index in [1.165, 1.54) is 18.6 Å². The van der Waals surface area contributed by atoms with Gasteiger partial charge >= 0.3 is 0 Å². The van der Waals surface area contributed by atoms with Gasteiger partial charge in [-0.3, -0.25) is 14.6 Å². The van der Waals surface area contributed by atoms with Crippen LogP contribution >= 0.6 is 11.3 Å². The zero-order valence-electron chi connectivity index (χ0n) is 11.2. The molecular formula is C14H14N4O2S. The SMILES string of the molecule is O=C1CC[C@@H](NC(=O)c2cnccn2)[C@H](c2cccs2)N1. The summed E-state index contributed by atoms with van der Waals surface area (Å²) in [6, 6.07) is 3.56. The zero-order chi connectivity index (χ0) is 14.7. The maximum Gasteiger partial charge on any atom is 0.271 e. The predicted molar refractivity (Wildman–Crippen MR) is 77.7 cm³/mol. The molecule has 3 rings (SSSR count). The molecule has 2 amide bonds. The molecule has 0 saturated carbocycles.